The van der Waals surface area contributed by atoms with E-state index in [1.165, 1.54) is 52.5 Å². The number of carbonyl (C=O) groups excluding carboxylic acids is 3. The Morgan fingerprint density at radius 3 is 2.67 bits per heavy atom. The molecule has 16 nitrogen and oxygen atoms in total. The van der Waals surface area contributed by atoms with E-state index < -0.39 is 53.2 Å². The maximum atomic E-state index is 13.4. The van der Waals surface area contributed by atoms with Crippen LogP contribution in [0.15, 0.2) is 68.5 Å². The molecule has 1 aromatic carbocycles. The number of hydrogen-bond acceptors (Lipinski definition) is 13. The van der Waals surface area contributed by atoms with Gasteiger partial charge in [0.15, 0.2) is 6.61 Å². The maximum Gasteiger partial charge on any atom is 0.352 e. The van der Waals surface area contributed by atoms with E-state index >= 15 is 0 Å². The molecule has 3 aromatic rings. The van der Waals surface area contributed by atoms with Crippen LogP contribution in [-0.4, -0.2) is 88.5 Å². The number of carboxylic acid groups (broad SMARTS) is 1. The first-order valence-corrected chi connectivity index (χ1v) is 14.5. The van der Waals surface area contributed by atoms with Gasteiger partial charge in [0.1, 0.15) is 35.2 Å². The number of rotatable bonds is 11. The molecule has 0 bridgehead atoms. The minimum Gasteiger partial charge on any atom is -0.508 e. The number of thioether (sulfide) groups is 2. The Labute approximate surface area is 250 Å². The molecule has 2 unspecified atom stereocenters. The number of nitrogens with zero attached hydrogens (tertiary/aromatic N) is 5. The van der Waals surface area contributed by atoms with Gasteiger partial charge in [0, 0.05) is 24.6 Å². The first-order valence-electron chi connectivity index (χ1n) is 12.5. The Balaban J connectivity index is 1.28. The molecule has 2 aromatic heterocycles. The third-order valence-electron chi connectivity index (χ3n) is 6.37. The van der Waals surface area contributed by atoms with Gasteiger partial charge in [-0.25, -0.2) is 9.48 Å². The Bertz CT molecular complexity index is 1660. The SMILES string of the molecule is Cn1nnnc1SCC1=C(C(=O)O)N2C(=O)C(NC(=O)C(NC(=O)COc3coccc3=O)c3ccc(O)cc3)[C@H]2SC1. The molecule has 0 spiro atoms. The standard InChI is InChI=1S/C25H23N7O9S2/c1-31-25(28-29-30-31)43-11-13-10-42-23-19(22(37)32(23)20(13)24(38)39)27-21(36)18(12-2-4-14(33)5-3-12)26-17(35)9-41-16-8-40-7-6-15(16)34/h2-8,18-19,23,33H,9-11H2,1H3,(H,26,35)(H,27,36)(H,38,39)/t18?,19?,23-/m1/s1. The quantitative estimate of drug-likeness (QED) is 0.157. The number of carboxylic acids is 1. The van der Waals surface area contributed by atoms with Gasteiger partial charge in [-0.15, -0.1) is 16.9 Å². The minimum absolute atomic E-state index is 0.0748. The van der Waals surface area contributed by atoms with E-state index in [1.807, 2.05) is 0 Å². The Hall–Kier alpha value is -4.84. The van der Waals surface area contributed by atoms with Crippen molar-refractivity contribution in [3.05, 3.63) is 69.9 Å². The lowest BCUT2D eigenvalue weighted by Crippen LogP contribution is -2.71. The van der Waals surface area contributed by atoms with Gasteiger partial charge in [-0.1, -0.05) is 23.9 Å². The lowest BCUT2D eigenvalue weighted by molar-refractivity contribution is -0.151. The summed E-state index contributed by atoms with van der Waals surface area (Å²) in [4.78, 5) is 64.4. The van der Waals surface area contributed by atoms with E-state index in [-0.39, 0.29) is 34.3 Å². The van der Waals surface area contributed by atoms with Crippen molar-refractivity contribution >= 4 is 47.2 Å². The number of phenolic OH excluding ortho intramolecular Hbond substituents is 1. The molecule has 3 atom stereocenters. The molecule has 4 N–H and O–H groups in total. The molecular weight excluding hydrogens is 606 g/mol. The number of carbonyl (C=O) groups is 4. The van der Waals surface area contributed by atoms with Crippen LogP contribution >= 0.6 is 23.5 Å². The van der Waals surface area contributed by atoms with Crippen molar-refractivity contribution in [1.29, 1.82) is 0 Å². The zero-order valence-corrected chi connectivity index (χ0v) is 23.8. The summed E-state index contributed by atoms with van der Waals surface area (Å²) in [6.45, 7) is -0.622. The fourth-order valence-corrected chi connectivity index (χ4v) is 6.62. The number of phenols is 1. The zero-order chi connectivity index (χ0) is 30.7. The van der Waals surface area contributed by atoms with Crippen LogP contribution in [0.4, 0.5) is 0 Å². The van der Waals surface area contributed by atoms with Gasteiger partial charge in [0.05, 0.1) is 6.26 Å². The van der Waals surface area contributed by atoms with Crippen LogP contribution in [0.25, 0.3) is 0 Å². The molecule has 1 fully saturated rings. The van der Waals surface area contributed by atoms with Gasteiger partial charge in [-0.2, -0.15) is 0 Å². The van der Waals surface area contributed by atoms with E-state index in [2.05, 4.69) is 26.2 Å². The number of nitrogens with one attached hydrogen (secondary N) is 2. The summed E-state index contributed by atoms with van der Waals surface area (Å²) in [7, 11) is 1.65. The number of aromatic nitrogens is 4. The lowest BCUT2D eigenvalue weighted by atomic mass is 10.0. The number of β-lactam (4-membered cyclic amide) rings is 1. The molecular formula is C25H23N7O9S2. The first kappa shape index (κ1) is 29.6. The fourth-order valence-electron chi connectivity index (χ4n) is 4.29. The second kappa shape index (κ2) is 12.6. The molecule has 0 radical (unpaired) electrons. The molecule has 4 heterocycles. The van der Waals surface area contributed by atoms with Gasteiger partial charge in [-0.05, 0) is 33.7 Å². The fraction of sp³-hybridized carbons (Fsp3) is 0.280. The highest BCUT2D eigenvalue weighted by atomic mass is 32.2. The molecule has 224 valence electrons. The van der Waals surface area contributed by atoms with Gasteiger partial charge < -0.3 is 30.0 Å². The highest BCUT2D eigenvalue weighted by molar-refractivity contribution is 8.01. The number of benzene rings is 1. The molecule has 3 amide bonds. The summed E-state index contributed by atoms with van der Waals surface area (Å²) in [6.07, 6.45) is 2.19. The number of aliphatic carboxylic acids is 1. The van der Waals surface area contributed by atoms with Crippen molar-refractivity contribution in [2.45, 2.75) is 22.6 Å². The van der Waals surface area contributed by atoms with Crippen LogP contribution in [0.3, 0.4) is 0 Å². The van der Waals surface area contributed by atoms with Crippen molar-refractivity contribution in [2.24, 2.45) is 7.05 Å². The molecule has 5 rings (SSSR count). The molecule has 18 heteroatoms. The Kier molecular flexibility index (Phi) is 8.67. The zero-order valence-electron chi connectivity index (χ0n) is 22.2. The number of aryl methyl sites for hydroxylation is 1. The normalized spacial score (nSPS) is 18.3. The van der Waals surface area contributed by atoms with Gasteiger partial charge in [0.25, 0.3) is 11.8 Å². The van der Waals surface area contributed by atoms with Crippen LogP contribution < -0.4 is 20.8 Å². The molecule has 1 saturated heterocycles. The highest BCUT2D eigenvalue weighted by Crippen LogP contribution is 2.41. The van der Waals surface area contributed by atoms with Crippen molar-refractivity contribution in [1.82, 2.24) is 35.7 Å². The maximum absolute atomic E-state index is 13.4. The number of ether oxygens (including phenoxy) is 1. The van der Waals surface area contributed by atoms with E-state index in [0.717, 1.165) is 23.5 Å². The molecule has 2 aliphatic rings. The van der Waals surface area contributed by atoms with Gasteiger partial charge in [-0.3, -0.25) is 24.1 Å². The van der Waals surface area contributed by atoms with Crippen LogP contribution in [0.5, 0.6) is 11.5 Å². The number of hydrogen-bond donors (Lipinski definition) is 4. The lowest BCUT2D eigenvalue weighted by Gasteiger charge is -2.49. The second-order valence-corrected chi connectivity index (χ2v) is 11.2. The Morgan fingerprint density at radius 2 is 2.00 bits per heavy atom. The van der Waals surface area contributed by atoms with Crippen LogP contribution in [0, 0.1) is 0 Å². The predicted molar refractivity (Wildman–Crippen MR) is 149 cm³/mol. The largest absolute Gasteiger partial charge is 0.508 e. The smallest absolute Gasteiger partial charge is 0.352 e. The number of amides is 3. The van der Waals surface area contributed by atoms with Crippen LogP contribution in [0.2, 0.25) is 0 Å². The summed E-state index contributed by atoms with van der Waals surface area (Å²) >= 11 is 2.51. The predicted octanol–water partition coefficient (Wildman–Crippen LogP) is -0.364. The topological polar surface area (TPSA) is 219 Å². The number of fused-ring (bicyclic) bond motifs is 1. The van der Waals surface area contributed by atoms with Crippen molar-refractivity contribution in [3.8, 4) is 11.5 Å². The number of aromatic hydroxyl groups is 1. The van der Waals surface area contributed by atoms with Crippen molar-refractivity contribution in [3.63, 3.8) is 0 Å². The monoisotopic (exact) mass is 629 g/mol. The Morgan fingerprint density at radius 1 is 1.23 bits per heavy atom. The molecule has 2 aliphatic heterocycles. The minimum atomic E-state index is -1.32. The van der Waals surface area contributed by atoms with E-state index in [0.29, 0.717) is 10.7 Å². The van der Waals surface area contributed by atoms with Crippen LogP contribution in [0.1, 0.15) is 11.6 Å². The average molecular weight is 630 g/mol. The summed E-state index contributed by atoms with van der Waals surface area (Å²) in [6, 6.07) is 4.20. The summed E-state index contributed by atoms with van der Waals surface area (Å²) in [5, 5.41) is 35.7. The second-order valence-electron chi connectivity index (χ2n) is 9.19. The molecule has 0 saturated carbocycles. The molecule has 43 heavy (non-hydrogen) atoms. The van der Waals surface area contributed by atoms with Crippen molar-refractivity contribution in [2.75, 3.05) is 18.1 Å². The van der Waals surface area contributed by atoms with E-state index in [9.17, 15) is 34.2 Å². The number of tetrazole rings is 1. The van der Waals surface area contributed by atoms with E-state index in [1.54, 1.807) is 7.05 Å². The summed E-state index contributed by atoms with van der Waals surface area (Å²) in [5.74, 6) is -3.19. The van der Waals surface area contributed by atoms with Crippen molar-refractivity contribution < 1.29 is 38.5 Å². The third kappa shape index (κ3) is 6.33. The van der Waals surface area contributed by atoms with Crippen LogP contribution in [-0.2, 0) is 26.2 Å². The summed E-state index contributed by atoms with van der Waals surface area (Å²) in [5.41, 5.74) is 0.118. The highest BCUT2D eigenvalue weighted by Gasteiger charge is 2.54. The first-order chi connectivity index (χ1) is 20.6. The average Bonchev–Trinajstić information content (AvgIpc) is 3.41. The van der Waals surface area contributed by atoms with Gasteiger partial charge >= 0.3 is 5.97 Å². The third-order valence-corrected chi connectivity index (χ3v) is 8.81. The van der Waals surface area contributed by atoms with Gasteiger partial charge in [0.2, 0.25) is 22.2 Å². The van der Waals surface area contributed by atoms with E-state index in [4.69, 9.17) is 9.15 Å². The molecule has 0 aliphatic carbocycles. The summed E-state index contributed by atoms with van der Waals surface area (Å²) < 4.78 is 11.5.